The molecule has 0 bridgehead atoms. The molecule has 3 rings (SSSR count). The van der Waals surface area contributed by atoms with Crippen molar-refractivity contribution < 1.29 is 27.8 Å². The fourth-order valence-electron chi connectivity index (χ4n) is 3.09. The van der Waals surface area contributed by atoms with Gasteiger partial charge in [-0.15, -0.1) is 0 Å². The SMILES string of the molecule is COCCn1ccc2c(NC(=O)Cc3ccc(O)c(C(F)(F)F)c3)cccc2c1=O. The molecule has 2 N–H and O–H groups in total. The molecule has 0 atom stereocenters. The van der Waals surface area contributed by atoms with E-state index in [0.29, 0.717) is 29.6 Å². The number of alkyl halides is 3. The Morgan fingerprint density at radius 2 is 1.93 bits per heavy atom. The van der Waals surface area contributed by atoms with Crippen molar-refractivity contribution in [3.05, 3.63) is 70.1 Å². The number of phenols is 1. The number of rotatable bonds is 6. The van der Waals surface area contributed by atoms with Gasteiger partial charge in [0.1, 0.15) is 5.75 Å². The van der Waals surface area contributed by atoms with E-state index < -0.39 is 23.4 Å². The number of halogens is 3. The topological polar surface area (TPSA) is 80.6 Å². The van der Waals surface area contributed by atoms with Gasteiger partial charge in [0.05, 0.1) is 18.6 Å². The van der Waals surface area contributed by atoms with Crippen LogP contribution in [0.25, 0.3) is 10.8 Å². The maximum absolute atomic E-state index is 12.9. The Labute approximate surface area is 169 Å². The van der Waals surface area contributed by atoms with Crippen LogP contribution in [-0.4, -0.2) is 29.3 Å². The minimum atomic E-state index is -4.73. The Hall–Kier alpha value is -3.33. The first-order valence-corrected chi connectivity index (χ1v) is 9.00. The van der Waals surface area contributed by atoms with Crippen molar-refractivity contribution in [2.75, 3.05) is 19.0 Å². The number of carbonyl (C=O) groups is 1. The number of carbonyl (C=O) groups excluding carboxylic acids is 1. The van der Waals surface area contributed by atoms with Gasteiger partial charge in [0.2, 0.25) is 5.91 Å². The number of nitrogens with one attached hydrogen (secondary N) is 1. The number of aromatic nitrogens is 1. The van der Waals surface area contributed by atoms with Crippen LogP contribution in [0.3, 0.4) is 0 Å². The first kappa shape index (κ1) is 21.4. The molecule has 1 aromatic heterocycles. The molecule has 3 aromatic rings. The number of amides is 1. The second-order valence-corrected chi connectivity index (χ2v) is 6.65. The van der Waals surface area contributed by atoms with Crippen molar-refractivity contribution in [2.45, 2.75) is 19.1 Å². The van der Waals surface area contributed by atoms with Crippen LogP contribution in [0.1, 0.15) is 11.1 Å². The first-order chi connectivity index (χ1) is 14.2. The molecule has 1 amide bonds. The summed E-state index contributed by atoms with van der Waals surface area (Å²) < 4.78 is 45.3. The summed E-state index contributed by atoms with van der Waals surface area (Å²) in [5.74, 6) is -1.45. The maximum Gasteiger partial charge on any atom is 0.419 e. The highest BCUT2D eigenvalue weighted by Crippen LogP contribution is 2.36. The van der Waals surface area contributed by atoms with Gasteiger partial charge in [-0.05, 0) is 35.9 Å². The number of nitrogens with zero attached hydrogens (tertiary/aromatic N) is 1. The number of benzene rings is 2. The number of phenolic OH excluding ortho intramolecular Hbond substituents is 1. The largest absolute Gasteiger partial charge is 0.507 e. The van der Waals surface area contributed by atoms with Gasteiger partial charge in [-0.3, -0.25) is 9.59 Å². The van der Waals surface area contributed by atoms with E-state index in [1.54, 1.807) is 30.5 Å². The van der Waals surface area contributed by atoms with Crippen molar-refractivity contribution in [2.24, 2.45) is 0 Å². The second kappa shape index (κ2) is 8.58. The predicted octanol–water partition coefficient (Wildman–Crippen LogP) is 3.55. The highest BCUT2D eigenvalue weighted by atomic mass is 19.4. The number of pyridine rings is 1. The summed E-state index contributed by atoms with van der Waals surface area (Å²) in [7, 11) is 1.53. The van der Waals surface area contributed by atoms with Gasteiger partial charge in [-0.1, -0.05) is 12.1 Å². The number of hydrogen-bond donors (Lipinski definition) is 2. The van der Waals surface area contributed by atoms with Gasteiger partial charge >= 0.3 is 6.18 Å². The Balaban J connectivity index is 1.84. The van der Waals surface area contributed by atoms with Crippen molar-refractivity contribution in [1.29, 1.82) is 0 Å². The zero-order valence-electron chi connectivity index (χ0n) is 16.0. The monoisotopic (exact) mass is 420 g/mol. The van der Waals surface area contributed by atoms with E-state index in [9.17, 15) is 27.9 Å². The number of aromatic hydroxyl groups is 1. The van der Waals surface area contributed by atoms with Gasteiger partial charge in [-0.25, -0.2) is 0 Å². The summed E-state index contributed by atoms with van der Waals surface area (Å²) in [6.45, 7) is 0.749. The zero-order valence-corrected chi connectivity index (χ0v) is 16.0. The van der Waals surface area contributed by atoms with Gasteiger partial charge in [0, 0.05) is 36.3 Å². The maximum atomic E-state index is 12.9. The van der Waals surface area contributed by atoms with E-state index in [4.69, 9.17) is 4.74 Å². The molecule has 0 unspecified atom stereocenters. The van der Waals surface area contributed by atoms with Crippen LogP contribution in [0.5, 0.6) is 5.75 Å². The zero-order chi connectivity index (χ0) is 21.9. The number of hydrogen-bond acceptors (Lipinski definition) is 4. The summed E-state index contributed by atoms with van der Waals surface area (Å²) in [4.78, 5) is 25.0. The normalized spacial score (nSPS) is 11.6. The molecule has 1 heterocycles. The predicted molar refractivity (Wildman–Crippen MR) is 106 cm³/mol. The highest BCUT2D eigenvalue weighted by Gasteiger charge is 2.34. The smallest absolute Gasteiger partial charge is 0.419 e. The third-order valence-electron chi connectivity index (χ3n) is 4.56. The van der Waals surface area contributed by atoms with Crippen molar-refractivity contribution in [3.8, 4) is 5.75 Å². The molecule has 6 nitrogen and oxygen atoms in total. The summed E-state index contributed by atoms with van der Waals surface area (Å²) in [5, 5.41) is 13.0. The van der Waals surface area contributed by atoms with Crippen LogP contribution in [0.4, 0.5) is 18.9 Å². The van der Waals surface area contributed by atoms with Gasteiger partial charge in [0.15, 0.2) is 0 Å². The van der Waals surface area contributed by atoms with E-state index in [-0.39, 0.29) is 17.5 Å². The van der Waals surface area contributed by atoms with E-state index in [0.717, 1.165) is 12.1 Å². The summed E-state index contributed by atoms with van der Waals surface area (Å²) >= 11 is 0. The molecule has 158 valence electrons. The molecule has 9 heteroatoms. The molecule has 0 saturated carbocycles. The van der Waals surface area contributed by atoms with Crippen molar-refractivity contribution in [3.63, 3.8) is 0 Å². The number of anilines is 1. The molecule has 2 aromatic carbocycles. The Morgan fingerprint density at radius 1 is 1.17 bits per heavy atom. The number of fused-ring (bicyclic) bond motifs is 1. The molecule has 0 spiro atoms. The Morgan fingerprint density at radius 3 is 2.63 bits per heavy atom. The quantitative estimate of drug-likeness (QED) is 0.639. The summed E-state index contributed by atoms with van der Waals surface area (Å²) in [6, 6.07) is 9.44. The van der Waals surface area contributed by atoms with Crippen LogP contribution in [-0.2, 0) is 28.7 Å². The fraction of sp³-hybridized carbons (Fsp3) is 0.238. The Bertz CT molecular complexity index is 1140. The lowest BCUT2D eigenvalue weighted by atomic mass is 10.1. The molecule has 0 saturated heterocycles. The Kier molecular flexibility index (Phi) is 6.12. The lowest BCUT2D eigenvalue weighted by Gasteiger charge is -2.12. The van der Waals surface area contributed by atoms with Gasteiger partial charge in [0.25, 0.3) is 5.56 Å². The van der Waals surface area contributed by atoms with Gasteiger partial charge in [-0.2, -0.15) is 13.2 Å². The minimum absolute atomic E-state index is 0.0970. The number of methoxy groups -OCH3 is 1. The standard InChI is InChI=1S/C21H19F3N2O4/c1-30-10-9-26-8-7-14-15(20(26)29)3-2-4-17(14)25-19(28)12-13-5-6-18(27)16(11-13)21(22,23)24/h2-8,11,27H,9-10,12H2,1H3,(H,25,28). The molecule has 30 heavy (non-hydrogen) atoms. The second-order valence-electron chi connectivity index (χ2n) is 6.65. The molecule has 0 aliphatic heterocycles. The van der Waals surface area contributed by atoms with Crippen LogP contribution < -0.4 is 10.9 Å². The van der Waals surface area contributed by atoms with E-state index in [1.165, 1.54) is 17.7 Å². The van der Waals surface area contributed by atoms with E-state index >= 15 is 0 Å². The molecular formula is C21H19F3N2O4. The van der Waals surface area contributed by atoms with E-state index in [2.05, 4.69) is 5.32 Å². The van der Waals surface area contributed by atoms with Crippen LogP contribution in [0.2, 0.25) is 0 Å². The van der Waals surface area contributed by atoms with Gasteiger partial charge < -0.3 is 19.7 Å². The third-order valence-corrected chi connectivity index (χ3v) is 4.56. The average Bonchev–Trinajstić information content (AvgIpc) is 2.68. The van der Waals surface area contributed by atoms with Crippen molar-refractivity contribution >= 4 is 22.4 Å². The van der Waals surface area contributed by atoms with E-state index in [1.807, 2.05) is 0 Å². The molecule has 0 aliphatic rings. The molecule has 0 radical (unpaired) electrons. The number of ether oxygens (including phenoxy) is 1. The lowest BCUT2D eigenvalue weighted by Crippen LogP contribution is -2.22. The third kappa shape index (κ3) is 4.62. The first-order valence-electron chi connectivity index (χ1n) is 9.00. The average molecular weight is 420 g/mol. The summed E-state index contributed by atoms with van der Waals surface area (Å²) in [5.41, 5.74) is -0.966. The molecule has 0 fully saturated rings. The highest BCUT2D eigenvalue weighted by molar-refractivity contribution is 6.02. The van der Waals surface area contributed by atoms with Crippen molar-refractivity contribution in [1.82, 2.24) is 4.57 Å². The lowest BCUT2D eigenvalue weighted by molar-refractivity contribution is -0.138. The van der Waals surface area contributed by atoms with Crippen LogP contribution >= 0.6 is 0 Å². The fourth-order valence-corrected chi connectivity index (χ4v) is 3.09. The van der Waals surface area contributed by atoms with Crippen LogP contribution in [0, 0.1) is 0 Å². The van der Waals surface area contributed by atoms with Crippen LogP contribution in [0.15, 0.2) is 53.5 Å². The summed E-state index contributed by atoms with van der Waals surface area (Å²) in [6.07, 6.45) is -3.46. The molecular weight excluding hydrogens is 401 g/mol. The molecule has 0 aliphatic carbocycles. The minimum Gasteiger partial charge on any atom is -0.507 e.